The van der Waals surface area contributed by atoms with Crippen molar-refractivity contribution in [1.29, 1.82) is 0 Å². The Labute approximate surface area is 832 Å². The van der Waals surface area contributed by atoms with E-state index >= 15 is 0 Å². The summed E-state index contributed by atoms with van der Waals surface area (Å²) in [6.07, 6.45) is -113. The monoisotopic (exact) mass is 2150 g/mol. The molecular formula is C82H137N5O60. The van der Waals surface area contributed by atoms with Crippen LogP contribution in [0.3, 0.4) is 0 Å². The van der Waals surface area contributed by atoms with Crippen molar-refractivity contribution in [3.8, 4) is 0 Å². The van der Waals surface area contributed by atoms with E-state index in [1.54, 1.807) is 0 Å². The number of nitrogens with one attached hydrogen (secondary N) is 5. The van der Waals surface area contributed by atoms with Crippen LogP contribution in [0.15, 0.2) is 0 Å². The van der Waals surface area contributed by atoms with Gasteiger partial charge in [0.1, 0.15) is 287 Å². The summed E-state index contributed by atoms with van der Waals surface area (Å²) in [5, 5.41) is 371. The molecule has 0 aliphatic carbocycles. The lowest BCUT2D eigenvalue weighted by molar-refractivity contribution is -0.390. The Balaban J connectivity index is 0.714. The Kier molecular flexibility index (Phi) is 43.4. The Hall–Kier alpha value is -4.85. The number of aliphatic hydroxyl groups excluding tert-OH is 32. The zero-order chi connectivity index (χ0) is 108. The second kappa shape index (κ2) is 52.8. The number of amides is 5. The lowest BCUT2D eigenvalue weighted by Gasteiger charge is -2.51. The number of hydrogen-bond donors (Lipinski definition) is 37. The molecule has 12 rings (SSSR count). The fourth-order valence-corrected chi connectivity index (χ4v) is 19.3. The molecule has 0 radical (unpaired) electrons. The maximum absolute atomic E-state index is 13.2. The number of carbonyl (C=O) groups excluding carboxylic acids is 5. The predicted octanol–water partition coefficient (Wildman–Crippen LogP) is -25.4. The maximum Gasteiger partial charge on any atom is 0.217 e. The molecule has 12 aliphatic rings. The fraction of sp³-hybridized carbons (Fsp3) is 0.939. The van der Waals surface area contributed by atoms with Crippen LogP contribution in [0.1, 0.15) is 41.5 Å². The lowest BCUT2D eigenvalue weighted by Crippen LogP contribution is -2.71. The van der Waals surface area contributed by atoms with Crippen molar-refractivity contribution in [2.75, 3.05) is 72.7 Å². The highest BCUT2D eigenvalue weighted by Gasteiger charge is 2.64. The van der Waals surface area contributed by atoms with Gasteiger partial charge in [0, 0.05) is 34.6 Å². The molecule has 37 N–H and O–H groups in total. The van der Waals surface area contributed by atoms with Gasteiger partial charge in [-0.05, 0) is 6.92 Å². The molecule has 0 aromatic heterocycles. The molecule has 147 heavy (non-hydrogen) atoms. The van der Waals surface area contributed by atoms with Crippen LogP contribution in [0.25, 0.3) is 0 Å². The molecule has 0 aromatic carbocycles. The highest BCUT2D eigenvalue weighted by atomic mass is 16.8. The summed E-state index contributed by atoms with van der Waals surface area (Å²) < 4.78 is 135. The van der Waals surface area contributed by atoms with E-state index in [0.717, 1.165) is 34.6 Å². The van der Waals surface area contributed by atoms with Crippen molar-refractivity contribution in [3.05, 3.63) is 0 Å². The van der Waals surface area contributed by atoms with E-state index in [1.807, 2.05) is 0 Å². The van der Waals surface area contributed by atoms with Gasteiger partial charge in [-0.25, -0.2) is 0 Å². The summed E-state index contributed by atoms with van der Waals surface area (Å²) >= 11 is 0. The summed E-state index contributed by atoms with van der Waals surface area (Å²) in [6, 6.07) is -9.71. The van der Waals surface area contributed by atoms with E-state index in [1.165, 1.54) is 6.92 Å². The molecule has 850 valence electrons. The summed E-state index contributed by atoms with van der Waals surface area (Å²) in [6.45, 7) is -6.38. The average Bonchev–Trinajstić information content (AvgIpc) is 0.765. The van der Waals surface area contributed by atoms with Crippen LogP contribution >= 0.6 is 0 Å². The van der Waals surface area contributed by atoms with Crippen molar-refractivity contribution in [2.45, 2.75) is 410 Å². The zero-order valence-electron chi connectivity index (χ0n) is 79.2. The molecule has 0 aromatic rings. The van der Waals surface area contributed by atoms with Crippen LogP contribution in [-0.4, -0.2) is 634 Å². The van der Waals surface area contributed by atoms with Crippen LogP contribution in [-0.2, 0) is 133 Å². The topological polar surface area (TPSA) is 1010 Å². The highest BCUT2D eigenvalue weighted by molar-refractivity contribution is 5.75. The average molecular weight is 2150 g/mol. The number of hydrogen-bond acceptors (Lipinski definition) is 60. The van der Waals surface area contributed by atoms with Crippen LogP contribution in [0.5, 0.6) is 0 Å². The van der Waals surface area contributed by atoms with E-state index in [9.17, 15) is 187 Å². The number of ether oxygens (including phenoxy) is 23. The van der Waals surface area contributed by atoms with Gasteiger partial charge in [-0.2, -0.15) is 0 Å². The van der Waals surface area contributed by atoms with Crippen molar-refractivity contribution in [1.82, 2.24) is 26.6 Å². The quantitative estimate of drug-likeness (QED) is 0.0273. The molecule has 65 heteroatoms. The van der Waals surface area contributed by atoms with Gasteiger partial charge < -0.3 is 299 Å². The standard InChI is InChI=1S/C82H137N5O60/c1-18-40(103)52(115)55(118)76(126-18)147-70-54(117)42(105)25(8-89)134-82(70)140-63-33(16-97)137-74(37(51(63)114)85-21(4)100)144-67-45(108)29(12-93)132-80(59(67)122)141-64-38(86-22(5)101)71(124)127-34(48(64)111)17-125-72-35(83-19(2)98)49(112)61(31(14-95)135-72)138-78-57(120)66(44(107)27(10-91)130-78)143-73-36(84-20(3)99)50(113)62(32(15-96)136-73)139-79-58(121)68(46(109)28(11-92)131-79)145-75-39(87-23(6)102)65(43(106)26(9-90)128-75)142-81-60(123)69(47(110)30(13-94)133-81)146-77-56(119)53(116)41(104)24(7-88)129-77/h18,24-82,88-97,103-124H,7-17H2,1-6H3,(H,83,98)(H,84,99)(H,85,100)(H,86,101)(H,87,102)/t18-,24+,25+,26+,27+,28+,29+,30+,31+,32+,33+,34+,35+,36+,37+,38+,39+,40+,41-,42-,43+,44-,45-,46-,47-,48-,49+,50+,51+,52+,53-,54-,55-,56+,57+,58+,59+,60+,61+,62+,63+,64+,65+,66-,67-,68-,69-,70+,71-,72+,73-,74-,75-,76-,77+,78-,79-,80-,81-,82-/m0/s1. The third kappa shape index (κ3) is 26.7. The first-order valence-electron chi connectivity index (χ1n) is 47.0. The van der Waals surface area contributed by atoms with E-state index in [0.29, 0.717) is 0 Å². The Bertz CT molecular complexity index is 4110. The minimum atomic E-state index is -2.43. The molecule has 60 atom stereocenters. The predicted molar refractivity (Wildman–Crippen MR) is 452 cm³/mol. The summed E-state index contributed by atoms with van der Waals surface area (Å²) in [5.41, 5.74) is 0. The van der Waals surface area contributed by atoms with Gasteiger partial charge in [0.15, 0.2) is 75.5 Å². The third-order valence-corrected chi connectivity index (χ3v) is 27.1. The minimum Gasteiger partial charge on any atom is -0.394 e. The molecule has 12 heterocycles. The summed E-state index contributed by atoms with van der Waals surface area (Å²) in [4.78, 5) is 65.2. The first-order valence-corrected chi connectivity index (χ1v) is 47.0. The SMILES string of the molecule is CC(=O)N[C@@H]1[C@@H](O[C@@H]2O[C@H](CO)[C@H](O)[C@H](O[C@@H]3O[C@H](CO)[C@@H](O[C@@H]4O[C@H](CO)[C@H](O)[C@H](O)[C@H]4O[C@@H]4O[C@@H](C)[C@@H](O)[C@@H](O)[C@@H]4O)[C@H](O)[C@H]3NC(C)=O)[C@H]2O)[C@@H](O)[C@@H](CO[C@@H]2O[C@H](CO)[C@@H](O[C@@H]3O[C@H](CO)[C@H](O)[C@H](O[C@@H]4O[C@H](CO)[C@@H](O[C@@H]5O[C@H](CO)[C@H](O)[C@H](O[C@@H]6O[C@H](CO)[C@@H](O)[C@H](O[C@@H]7O[C@H](CO)[C@H](O)[C@H](O[C@H]8O[C@H](CO)[C@H](O)[C@H](O)[C@H]8O)[C@H]7O)[C@H]6NC(C)=O)[C@H]5O)[C@H](O)[C@H]4NC(C)=O)[C@H]3O)[C@H](O)[C@H]2NC(C)=O)O[C@@H]1O. The van der Waals surface area contributed by atoms with Gasteiger partial charge in [0.25, 0.3) is 0 Å². The Morgan fingerprint density at radius 1 is 0.190 bits per heavy atom. The third-order valence-electron chi connectivity index (χ3n) is 27.1. The van der Waals surface area contributed by atoms with Crippen LogP contribution in [0, 0.1) is 0 Å². The maximum atomic E-state index is 13.2. The molecule has 12 aliphatic heterocycles. The molecule has 0 spiro atoms. The second-order valence-corrected chi connectivity index (χ2v) is 37.3. The molecule has 5 amide bonds. The highest BCUT2D eigenvalue weighted by Crippen LogP contribution is 2.43. The minimum absolute atomic E-state index is 0.907. The lowest BCUT2D eigenvalue weighted by atomic mass is 9.93. The Morgan fingerprint density at radius 2 is 0.415 bits per heavy atom. The van der Waals surface area contributed by atoms with Crippen LogP contribution in [0.4, 0.5) is 0 Å². The van der Waals surface area contributed by atoms with Gasteiger partial charge in [-0.15, -0.1) is 0 Å². The molecular weight excluding hydrogens is 2010 g/mol. The van der Waals surface area contributed by atoms with Gasteiger partial charge in [0.05, 0.1) is 78.8 Å². The Morgan fingerprint density at radius 3 is 0.769 bits per heavy atom. The molecule has 12 saturated heterocycles. The largest absolute Gasteiger partial charge is 0.394 e. The molecule has 0 unspecified atom stereocenters. The molecule has 12 fully saturated rings. The van der Waals surface area contributed by atoms with E-state index in [-0.39, 0.29) is 0 Å². The van der Waals surface area contributed by atoms with Gasteiger partial charge in [-0.3, -0.25) is 24.0 Å². The molecule has 0 saturated carbocycles. The van der Waals surface area contributed by atoms with Crippen molar-refractivity contribution >= 4 is 29.5 Å². The molecule has 65 nitrogen and oxygen atoms in total. The fourth-order valence-electron chi connectivity index (χ4n) is 19.3. The van der Waals surface area contributed by atoms with Crippen LogP contribution in [0.2, 0.25) is 0 Å². The number of aliphatic hydroxyl groups is 32. The van der Waals surface area contributed by atoms with Crippen molar-refractivity contribution in [3.63, 3.8) is 0 Å². The first-order chi connectivity index (χ1) is 69.6. The van der Waals surface area contributed by atoms with E-state index in [2.05, 4.69) is 26.6 Å². The first kappa shape index (κ1) is 121. The second-order valence-electron chi connectivity index (χ2n) is 37.3. The number of carbonyl (C=O) groups is 5. The van der Waals surface area contributed by atoms with E-state index in [4.69, 9.17) is 109 Å². The number of rotatable bonds is 38. The molecule has 0 bridgehead atoms. The van der Waals surface area contributed by atoms with Crippen molar-refractivity contribution < 1.29 is 296 Å². The summed E-state index contributed by atoms with van der Waals surface area (Å²) in [7, 11) is 0. The normalized spacial score (nSPS) is 49.6. The van der Waals surface area contributed by atoms with E-state index < -0.39 is 470 Å². The van der Waals surface area contributed by atoms with Gasteiger partial charge in [0.2, 0.25) is 29.5 Å². The van der Waals surface area contributed by atoms with Crippen molar-refractivity contribution in [2.24, 2.45) is 0 Å². The zero-order valence-corrected chi connectivity index (χ0v) is 79.2. The van der Waals surface area contributed by atoms with Gasteiger partial charge >= 0.3 is 0 Å². The van der Waals surface area contributed by atoms with Gasteiger partial charge in [-0.1, -0.05) is 0 Å². The smallest absolute Gasteiger partial charge is 0.217 e. The van der Waals surface area contributed by atoms with Crippen LogP contribution < -0.4 is 26.6 Å². The summed E-state index contributed by atoms with van der Waals surface area (Å²) in [5.74, 6) is -4.81.